The Bertz CT molecular complexity index is 549. The van der Waals surface area contributed by atoms with Crippen LogP contribution in [0.25, 0.3) is 0 Å². The predicted octanol–water partition coefficient (Wildman–Crippen LogP) is 3.95. The third-order valence-electron chi connectivity index (χ3n) is 3.35. The Morgan fingerprint density at radius 3 is 2.71 bits per heavy atom. The molecule has 21 heavy (non-hydrogen) atoms. The van der Waals surface area contributed by atoms with Gasteiger partial charge in [-0.1, -0.05) is 11.6 Å². The lowest BCUT2D eigenvalue weighted by Crippen LogP contribution is -2.56. The highest BCUT2D eigenvalue weighted by molar-refractivity contribution is 6.30. The molecule has 0 aliphatic carbocycles. The topological polar surface area (TPSA) is 47.6 Å². The summed E-state index contributed by atoms with van der Waals surface area (Å²) in [6, 6.07) is 5.36. The Hall–Kier alpha value is -1.42. The Kier molecular flexibility index (Phi) is 4.11. The van der Waals surface area contributed by atoms with Crippen LogP contribution in [0.4, 0.5) is 4.79 Å². The van der Waals surface area contributed by atoms with Crippen molar-refractivity contribution < 1.29 is 14.3 Å². The van der Waals surface area contributed by atoms with E-state index in [4.69, 9.17) is 21.1 Å². The van der Waals surface area contributed by atoms with Gasteiger partial charge in [0.1, 0.15) is 17.0 Å². The second-order valence-electron chi connectivity index (χ2n) is 6.86. The molecule has 1 aromatic carbocycles. The van der Waals surface area contributed by atoms with Gasteiger partial charge < -0.3 is 14.8 Å². The van der Waals surface area contributed by atoms with Crippen LogP contribution in [0.5, 0.6) is 5.75 Å². The maximum absolute atomic E-state index is 12.0. The second kappa shape index (κ2) is 5.41. The monoisotopic (exact) mass is 311 g/mol. The van der Waals surface area contributed by atoms with Crippen molar-refractivity contribution in [1.29, 1.82) is 0 Å². The number of carbonyl (C=O) groups excluding carboxylic acids is 1. The summed E-state index contributed by atoms with van der Waals surface area (Å²) in [5.74, 6) is 0.812. The van der Waals surface area contributed by atoms with Crippen molar-refractivity contribution >= 4 is 17.7 Å². The quantitative estimate of drug-likeness (QED) is 0.854. The zero-order chi connectivity index (χ0) is 15.8. The van der Waals surface area contributed by atoms with E-state index >= 15 is 0 Å². The fraction of sp³-hybridized carbons (Fsp3) is 0.562. The van der Waals surface area contributed by atoms with Crippen LogP contribution >= 0.6 is 11.6 Å². The smallest absolute Gasteiger partial charge is 0.408 e. The molecule has 4 nitrogen and oxygen atoms in total. The fourth-order valence-corrected chi connectivity index (χ4v) is 2.50. The van der Waals surface area contributed by atoms with E-state index in [2.05, 4.69) is 5.32 Å². The molecule has 0 radical (unpaired) electrons. The Balaban J connectivity index is 2.15. The van der Waals surface area contributed by atoms with E-state index in [1.165, 1.54) is 0 Å². The van der Waals surface area contributed by atoms with Crippen molar-refractivity contribution in [3.8, 4) is 5.75 Å². The van der Waals surface area contributed by atoms with Gasteiger partial charge in [-0.3, -0.25) is 0 Å². The SMILES string of the molecule is CC(C)(C)OC(=O)NC1Cc2cc(Cl)ccc2OC1(C)C. The molecule has 1 amide bonds. The number of halogens is 1. The number of hydrogen-bond donors (Lipinski definition) is 1. The fourth-order valence-electron chi connectivity index (χ4n) is 2.30. The molecule has 1 unspecified atom stereocenters. The number of rotatable bonds is 1. The summed E-state index contributed by atoms with van der Waals surface area (Å²) >= 11 is 6.02. The number of nitrogens with one attached hydrogen (secondary N) is 1. The number of fused-ring (bicyclic) bond motifs is 1. The molecule has 1 atom stereocenters. The van der Waals surface area contributed by atoms with Gasteiger partial charge in [-0.05, 0) is 58.4 Å². The molecular formula is C16H22ClNO3. The van der Waals surface area contributed by atoms with Crippen LogP contribution in [-0.2, 0) is 11.2 Å². The first-order chi connectivity index (χ1) is 9.57. The van der Waals surface area contributed by atoms with E-state index in [0.29, 0.717) is 11.4 Å². The van der Waals surface area contributed by atoms with Gasteiger partial charge in [0.05, 0.1) is 6.04 Å². The first-order valence-electron chi connectivity index (χ1n) is 7.04. The lowest BCUT2D eigenvalue weighted by atomic mass is 9.89. The molecule has 0 spiro atoms. The summed E-state index contributed by atoms with van der Waals surface area (Å²) in [4.78, 5) is 12.0. The number of carbonyl (C=O) groups is 1. The van der Waals surface area contributed by atoms with Gasteiger partial charge in [0.25, 0.3) is 0 Å². The molecule has 1 aliphatic heterocycles. The van der Waals surface area contributed by atoms with Gasteiger partial charge in [-0.2, -0.15) is 0 Å². The molecule has 0 fully saturated rings. The summed E-state index contributed by atoms with van der Waals surface area (Å²) in [5, 5.41) is 3.56. The normalized spacial score (nSPS) is 20.2. The third-order valence-corrected chi connectivity index (χ3v) is 3.58. The highest BCUT2D eigenvalue weighted by atomic mass is 35.5. The van der Waals surface area contributed by atoms with Gasteiger partial charge in [-0.15, -0.1) is 0 Å². The van der Waals surface area contributed by atoms with Crippen molar-refractivity contribution in [1.82, 2.24) is 5.32 Å². The number of amides is 1. The van der Waals surface area contributed by atoms with E-state index < -0.39 is 17.3 Å². The highest BCUT2D eigenvalue weighted by Gasteiger charge is 2.38. The zero-order valence-corrected chi connectivity index (χ0v) is 13.9. The van der Waals surface area contributed by atoms with Crippen molar-refractivity contribution in [2.75, 3.05) is 0 Å². The first-order valence-corrected chi connectivity index (χ1v) is 7.41. The standard InChI is InChI=1S/C16H22ClNO3/c1-15(2,3)21-14(19)18-13-9-10-8-11(17)6-7-12(10)20-16(13,4)5/h6-8,13H,9H2,1-5H3,(H,18,19). The van der Waals surface area contributed by atoms with E-state index in [9.17, 15) is 4.79 Å². The van der Waals surface area contributed by atoms with Crippen molar-refractivity contribution in [2.45, 2.75) is 58.3 Å². The first kappa shape index (κ1) is 16.0. The maximum Gasteiger partial charge on any atom is 0.408 e. The van der Waals surface area contributed by atoms with Crippen LogP contribution in [0.15, 0.2) is 18.2 Å². The summed E-state index contributed by atoms with van der Waals surface area (Å²) in [6.45, 7) is 9.41. The van der Waals surface area contributed by atoms with Crippen LogP contribution in [0.1, 0.15) is 40.2 Å². The second-order valence-corrected chi connectivity index (χ2v) is 7.30. The highest BCUT2D eigenvalue weighted by Crippen LogP contribution is 2.34. The average molecular weight is 312 g/mol. The third kappa shape index (κ3) is 4.03. The molecule has 0 saturated carbocycles. The minimum absolute atomic E-state index is 0.182. The molecule has 1 N–H and O–H groups in total. The van der Waals surface area contributed by atoms with Crippen LogP contribution < -0.4 is 10.1 Å². The number of alkyl carbamates (subject to hydrolysis) is 1. The molecule has 2 rings (SSSR count). The molecule has 1 aliphatic rings. The molecule has 1 aromatic rings. The lowest BCUT2D eigenvalue weighted by Gasteiger charge is -2.40. The Morgan fingerprint density at radius 2 is 2.10 bits per heavy atom. The van der Waals surface area contributed by atoms with Gasteiger partial charge in [0.2, 0.25) is 0 Å². The maximum atomic E-state index is 12.0. The molecule has 0 bridgehead atoms. The van der Waals surface area contributed by atoms with Crippen molar-refractivity contribution in [3.05, 3.63) is 28.8 Å². The van der Waals surface area contributed by atoms with Crippen LogP contribution in [-0.4, -0.2) is 23.3 Å². The molecular weight excluding hydrogens is 290 g/mol. The Labute approximate surface area is 130 Å². The van der Waals surface area contributed by atoms with Gasteiger partial charge >= 0.3 is 6.09 Å². The van der Waals surface area contributed by atoms with Crippen LogP contribution in [0, 0.1) is 0 Å². The minimum Gasteiger partial charge on any atom is -0.485 e. The largest absolute Gasteiger partial charge is 0.485 e. The molecule has 1 heterocycles. The number of hydrogen-bond acceptors (Lipinski definition) is 3. The molecule has 0 saturated heterocycles. The van der Waals surface area contributed by atoms with E-state index in [1.807, 2.05) is 46.8 Å². The number of ether oxygens (including phenoxy) is 2. The Morgan fingerprint density at radius 1 is 1.43 bits per heavy atom. The van der Waals surface area contributed by atoms with Gasteiger partial charge in [0, 0.05) is 11.4 Å². The van der Waals surface area contributed by atoms with Gasteiger partial charge in [0.15, 0.2) is 0 Å². The molecule has 5 heteroatoms. The zero-order valence-electron chi connectivity index (χ0n) is 13.1. The van der Waals surface area contributed by atoms with Crippen LogP contribution in [0.2, 0.25) is 5.02 Å². The van der Waals surface area contributed by atoms with Gasteiger partial charge in [-0.25, -0.2) is 4.79 Å². The average Bonchev–Trinajstić information content (AvgIpc) is 2.28. The van der Waals surface area contributed by atoms with Crippen LogP contribution in [0.3, 0.4) is 0 Å². The summed E-state index contributed by atoms with van der Waals surface area (Å²) in [5.41, 5.74) is -0.0502. The van der Waals surface area contributed by atoms with E-state index in [1.54, 1.807) is 6.07 Å². The number of benzene rings is 1. The molecule has 116 valence electrons. The van der Waals surface area contributed by atoms with Crippen molar-refractivity contribution in [2.24, 2.45) is 0 Å². The summed E-state index contributed by atoms with van der Waals surface area (Å²) < 4.78 is 11.3. The minimum atomic E-state index is -0.523. The predicted molar refractivity (Wildman–Crippen MR) is 83.0 cm³/mol. The summed E-state index contributed by atoms with van der Waals surface area (Å²) in [7, 11) is 0. The van der Waals surface area contributed by atoms with E-state index in [0.717, 1.165) is 11.3 Å². The molecule has 0 aromatic heterocycles. The van der Waals surface area contributed by atoms with Crippen molar-refractivity contribution in [3.63, 3.8) is 0 Å². The summed E-state index contributed by atoms with van der Waals surface area (Å²) in [6.07, 6.45) is 0.219. The van der Waals surface area contributed by atoms with E-state index in [-0.39, 0.29) is 6.04 Å². The lowest BCUT2D eigenvalue weighted by molar-refractivity contribution is 0.0222.